The van der Waals surface area contributed by atoms with Gasteiger partial charge in [0.15, 0.2) is 0 Å². The van der Waals surface area contributed by atoms with Crippen LogP contribution in [0.4, 0.5) is 24.5 Å². The van der Waals surface area contributed by atoms with Crippen LogP contribution in [-0.4, -0.2) is 85.3 Å². The Hall–Kier alpha value is -5.71. The zero-order chi connectivity index (χ0) is 41.9. The quantitative estimate of drug-likeness (QED) is 0.157. The molecule has 0 spiro atoms. The van der Waals surface area contributed by atoms with Crippen LogP contribution in [0, 0.1) is 5.92 Å². The molecule has 17 heteroatoms. The highest BCUT2D eigenvalue weighted by Gasteiger charge is 2.35. The van der Waals surface area contributed by atoms with E-state index in [1.54, 1.807) is 23.7 Å². The van der Waals surface area contributed by atoms with Crippen molar-refractivity contribution in [1.82, 2.24) is 34.1 Å². The summed E-state index contributed by atoms with van der Waals surface area (Å²) >= 11 is 0. The number of hydrogen-bond acceptors (Lipinski definition) is 9. The molecule has 0 radical (unpaired) electrons. The van der Waals surface area contributed by atoms with Crippen molar-refractivity contribution in [2.75, 3.05) is 36.9 Å². The summed E-state index contributed by atoms with van der Waals surface area (Å²) < 4.78 is 51.1. The molecule has 2 saturated heterocycles. The third-order valence-corrected chi connectivity index (χ3v) is 12.7. The largest absolute Gasteiger partial charge is 0.488 e. The Labute approximate surface area is 343 Å². The van der Waals surface area contributed by atoms with E-state index in [1.807, 2.05) is 29.1 Å². The number of aryl methyl sites for hydroxylation is 1. The van der Waals surface area contributed by atoms with Gasteiger partial charge in [0.1, 0.15) is 23.2 Å². The average molecular weight is 828 g/mol. The number of carbonyl (C=O) groups is 3. The van der Waals surface area contributed by atoms with Crippen molar-refractivity contribution < 1.29 is 32.3 Å². The van der Waals surface area contributed by atoms with Gasteiger partial charge in [-0.1, -0.05) is 12.1 Å². The average Bonchev–Trinajstić information content (AvgIpc) is 3.90. The van der Waals surface area contributed by atoms with Crippen LogP contribution < -0.4 is 26.0 Å². The van der Waals surface area contributed by atoms with Crippen LogP contribution in [0.1, 0.15) is 92.5 Å². The van der Waals surface area contributed by atoms with Crippen molar-refractivity contribution >= 4 is 51.0 Å². The van der Waals surface area contributed by atoms with Crippen LogP contribution in [0.3, 0.4) is 0 Å². The van der Waals surface area contributed by atoms with Crippen LogP contribution in [0.25, 0.3) is 21.9 Å². The number of amides is 3. The Morgan fingerprint density at radius 3 is 2.43 bits per heavy atom. The Kier molecular flexibility index (Phi) is 10.4. The molecular formula is C43H48F3N9O5. The Morgan fingerprint density at radius 1 is 0.967 bits per heavy atom. The minimum Gasteiger partial charge on any atom is -0.488 e. The lowest BCUT2D eigenvalue weighted by Crippen LogP contribution is -2.45. The maximum Gasteiger partial charge on any atom is 0.433 e. The van der Waals surface area contributed by atoms with Crippen molar-refractivity contribution in [3.8, 4) is 5.75 Å². The van der Waals surface area contributed by atoms with Gasteiger partial charge in [0.2, 0.25) is 11.8 Å². The zero-order valence-corrected chi connectivity index (χ0v) is 33.6. The molecule has 2 aliphatic heterocycles. The fourth-order valence-electron chi connectivity index (χ4n) is 9.32. The molecule has 316 valence electrons. The van der Waals surface area contributed by atoms with E-state index in [-0.39, 0.29) is 35.9 Å². The number of piperidine rings is 2. The van der Waals surface area contributed by atoms with Crippen LogP contribution in [0.15, 0.2) is 59.5 Å². The summed E-state index contributed by atoms with van der Waals surface area (Å²) in [7, 11) is 3.96. The Morgan fingerprint density at radius 2 is 1.72 bits per heavy atom. The number of imidazole rings is 1. The molecule has 4 aliphatic rings. The van der Waals surface area contributed by atoms with Gasteiger partial charge in [-0.3, -0.25) is 33.5 Å². The number of ether oxygens (including phenoxy) is 1. The molecule has 9 rings (SSSR count). The highest BCUT2D eigenvalue weighted by atomic mass is 19.4. The number of alkyl halides is 3. The van der Waals surface area contributed by atoms with Gasteiger partial charge in [-0.05, 0) is 101 Å². The number of aromatic nitrogens is 5. The van der Waals surface area contributed by atoms with Gasteiger partial charge < -0.3 is 19.9 Å². The van der Waals surface area contributed by atoms with Crippen LogP contribution in [-0.2, 0) is 22.8 Å². The number of fused-ring (bicyclic) bond motifs is 2. The normalized spacial score (nSPS) is 21.8. The molecular weight excluding hydrogens is 780 g/mol. The number of benzene rings is 2. The second kappa shape index (κ2) is 15.7. The molecule has 3 aromatic heterocycles. The first-order valence-electron chi connectivity index (χ1n) is 20.8. The van der Waals surface area contributed by atoms with E-state index < -0.39 is 29.7 Å². The number of nitrogens with one attached hydrogen (secondary N) is 2. The molecule has 2 aliphatic carbocycles. The topological polar surface area (TPSA) is 149 Å². The number of hydrogen-bond donors (Lipinski definition) is 2. The van der Waals surface area contributed by atoms with E-state index in [2.05, 4.69) is 32.5 Å². The lowest BCUT2D eigenvalue weighted by atomic mass is 9.85. The van der Waals surface area contributed by atoms with Crippen molar-refractivity contribution in [2.24, 2.45) is 13.0 Å². The second-order valence-electron chi connectivity index (χ2n) is 16.8. The van der Waals surface area contributed by atoms with E-state index in [9.17, 15) is 32.3 Å². The first-order valence-corrected chi connectivity index (χ1v) is 20.8. The lowest BCUT2D eigenvalue weighted by Gasteiger charge is -2.40. The molecule has 2 saturated carbocycles. The third-order valence-electron chi connectivity index (χ3n) is 12.7. The number of anilines is 2. The third kappa shape index (κ3) is 7.86. The predicted octanol–water partition coefficient (Wildman–Crippen LogP) is 6.21. The summed E-state index contributed by atoms with van der Waals surface area (Å²) in [6, 6.07) is 12.6. The molecule has 1 atom stereocenters. The monoisotopic (exact) mass is 827 g/mol. The number of rotatable bonds is 10. The number of pyridine rings is 1. The van der Waals surface area contributed by atoms with Crippen molar-refractivity contribution in [3.05, 3.63) is 76.6 Å². The molecule has 60 heavy (non-hydrogen) atoms. The van der Waals surface area contributed by atoms with Crippen molar-refractivity contribution in [2.45, 2.75) is 94.6 Å². The molecule has 0 bridgehead atoms. The minimum atomic E-state index is -4.67. The Bertz CT molecular complexity index is 2530. The fourth-order valence-corrected chi connectivity index (χ4v) is 9.32. The van der Waals surface area contributed by atoms with E-state index in [1.165, 1.54) is 16.7 Å². The summed E-state index contributed by atoms with van der Waals surface area (Å²) in [4.78, 5) is 59.5. The molecule has 1 unspecified atom stereocenters. The molecule has 5 aromatic rings. The van der Waals surface area contributed by atoms with Gasteiger partial charge >= 0.3 is 11.9 Å². The lowest BCUT2D eigenvalue weighted by molar-refractivity contribution is -0.141. The van der Waals surface area contributed by atoms with Crippen molar-refractivity contribution in [1.29, 1.82) is 0 Å². The summed E-state index contributed by atoms with van der Waals surface area (Å²) in [5.41, 5.74) is 1.82. The van der Waals surface area contributed by atoms with Crippen molar-refractivity contribution in [3.63, 3.8) is 0 Å². The van der Waals surface area contributed by atoms with Gasteiger partial charge in [-0.25, -0.2) is 9.78 Å². The van der Waals surface area contributed by atoms with Gasteiger partial charge in [-0.2, -0.15) is 18.3 Å². The summed E-state index contributed by atoms with van der Waals surface area (Å²) in [6.07, 6.45) is 5.63. The van der Waals surface area contributed by atoms with E-state index in [0.29, 0.717) is 35.3 Å². The molecule has 4 fully saturated rings. The van der Waals surface area contributed by atoms with E-state index in [4.69, 9.17) is 9.84 Å². The zero-order valence-electron chi connectivity index (χ0n) is 33.6. The van der Waals surface area contributed by atoms with Gasteiger partial charge in [0.25, 0.3) is 5.91 Å². The number of nitrogens with zero attached hydrogens (tertiary/aromatic N) is 7. The standard InChI is InChI=1S/C43H48F3N9O5/c1-51(27-17-19-53(20-18-27)33-6-4-7-34-39(33)52(2)42(59)55(34)35-15-16-38(56)49-41(35)58)23-25-9-11-28(12-10-25)54-24-26-21-32(36(22-31(26)50-54)60-29-13-14-29)48-40(57)30-5-3-8-37(47-30)43(44,45)46/h3-8,21-22,24-25,27-29,35H,9-20,23H2,1-2H3,(H,48,57)(H,49,56,58)/t25-,28-,35?. The van der Waals surface area contributed by atoms with Gasteiger partial charge in [0, 0.05) is 56.8 Å². The van der Waals surface area contributed by atoms with Crippen LogP contribution >= 0.6 is 0 Å². The van der Waals surface area contributed by atoms with E-state index in [0.717, 1.165) is 99.2 Å². The van der Waals surface area contributed by atoms with Gasteiger partial charge in [-0.15, -0.1) is 0 Å². The number of carbonyl (C=O) groups excluding carboxylic acids is 3. The highest BCUT2D eigenvalue weighted by Crippen LogP contribution is 2.39. The minimum absolute atomic E-state index is 0.0197. The van der Waals surface area contributed by atoms with E-state index >= 15 is 0 Å². The maximum absolute atomic E-state index is 13.5. The molecule has 14 nitrogen and oxygen atoms in total. The molecule has 2 N–H and O–H groups in total. The molecule has 2 aromatic carbocycles. The predicted molar refractivity (Wildman–Crippen MR) is 218 cm³/mol. The second-order valence-corrected chi connectivity index (χ2v) is 16.8. The summed E-state index contributed by atoms with van der Waals surface area (Å²) in [5, 5.41) is 10.8. The van der Waals surface area contributed by atoms with Crippen LogP contribution in [0.5, 0.6) is 5.75 Å². The smallest absolute Gasteiger partial charge is 0.433 e. The Balaban J connectivity index is 0.813. The summed E-state index contributed by atoms with van der Waals surface area (Å²) in [6.45, 7) is 2.68. The fraction of sp³-hybridized carbons (Fsp3) is 0.488. The van der Waals surface area contributed by atoms with Gasteiger partial charge in [0.05, 0.1) is 40.1 Å². The summed E-state index contributed by atoms with van der Waals surface area (Å²) in [5.74, 6) is -0.528. The van der Waals surface area contributed by atoms with Crippen LogP contribution in [0.2, 0.25) is 0 Å². The number of para-hydroxylation sites is 1. The number of halogens is 3. The first kappa shape index (κ1) is 39.7. The first-order chi connectivity index (χ1) is 28.8. The molecule has 5 heterocycles. The maximum atomic E-state index is 13.5. The number of imide groups is 1. The SMILES string of the molecule is CN(C[C@H]1CC[C@H](n2cc3cc(NC(=O)c4cccc(C(F)(F)F)n4)c(OC4CC4)cc3n2)CC1)C1CCN(c2cccc3c2n(C)c(=O)n3C2CCC(=O)NC2=O)CC1. The molecule has 3 amide bonds. The highest BCUT2D eigenvalue weighted by molar-refractivity contribution is 6.05.